The minimum Gasteiger partial charge on any atom is -0.322 e. The zero-order chi connectivity index (χ0) is 16.2. The second kappa shape index (κ2) is 6.32. The van der Waals surface area contributed by atoms with Crippen molar-refractivity contribution >= 4 is 11.6 Å². The Labute approximate surface area is 133 Å². The third-order valence-corrected chi connectivity index (χ3v) is 3.51. The standard InChI is InChI=1S/C19H16N2O2/c1-13-6-5-9-15(12-13)20-18(22)16-10-11-17(21-19(16)23)14-7-3-2-4-8-14/h2-12H,1H3,(H,20,22)(H,21,23). The number of H-pyrrole nitrogens is 1. The Kier molecular flexibility index (Phi) is 4.06. The summed E-state index contributed by atoms with van der Waals surface area (Å²) in [7, 11) is 0. The van der Waals surface area contributed by atoms with Crippen LogP contribution in [-0.4, -0.2) is 10.9 Å². The molecular weight excluding hydrogens is 288 g/mol. The van der Waals surface area contributed by atoms with E-state index in [4.69, 9.17) is 0 Å². The van der Waals surface area contributed by atoms with Gasteiger partial charge >= 0.3 is 0 Å². The van der Waals surface area contributed by atoms with Gasteiger partial charge in [-0.3, -0.25) is 9.59 Å². The van der Waals surface area contributed by atoms with Crippen LogP contribution in [0.25, 0.3) is 11.3 Å². The second-order valence-electron chi connectivity index (χ2n) is 5.30. The van der Waals surface area contributed by atoms with Crippen LogP contribution in [-0.2, 0) is 0 Å². The number of aromatic nitrogens is 1. The molecule has 0 saturated carbocycles. The SMILES string of the molecule is Cc1cccc(NC(=O)c2ccc(-c3ccccc3)[nH]c2=O)c1. The molecule has 0 fully saturated rings. The van der Waals surface area contributed by atoms with Gasteiger partial charge < -0.3 is 10.3 Å². The molecule has 3 aromatic rings. The highest BCUT2D eigenvalue weighted by Crippen LogP contribution is 2.15. The van der Waals surface area contributed by atoms with E-state index in [0.29, 0.717) is 11.4 Å². The molecule has 1 heterocycles. The lowest BCUT2D eigenvalue weighted by molar-refractivity contribution is 0.102. The average molecular weight is 304 g/mol. The maximum absolute atomic E-state index is 12.3. The summed E-state index contributed by atoms with van der Waals surface area (Å²) >= 11 is 0. The Hall–Kier alpha value is -3.14. The number of carbonyl (C=O) groups excluding carboxylic acids is 1. The van der Waals surface area contributed by atoms with E-state index in [0.717, 1.165) is 11.1 Å². The van der Waals surface area contributed by atoms with Crippen molar-refractivity contribution in [3.05, 3.63) is 88.2 Å². The topological polar surface area (TPSA) is 62.0 Å². The van der Waals surface area contributed by atoms with Gasteiger partial charge in [-0.1, -0.05) is 42.5 Å². The Morgan fingerprint density at radius 2 is 1.74 bits per heavy atom. The molecule has 0 spiro atoms. The van der Waals surface area contributed by atoms with Gasteiger partial charge in [-0.15, -0.1) is 0 Å². The van der Waals surface area contributed by atoms with Crippen molar-refractivity contribution in [3.8, 4) is 11.3 Å². The van der Waals surface area contributed by atoms with E-state index in [1.807, 2.05) is 55.5 Å². The van der Waals surface area contributed by atoms with Gasteiger partial charge in [0, 0.05) is 11.4 Å². The first-order valence-corrected chi connectivity index (χ1v) is 7.30. The van der Waals surface area contributed by atoms with Gasteiger partial charge in [0.15, 0.2) is 0 Å². The maximum Gasteiger partial charge on any atom is 0.261 e. The monoisotopic (exact) mass is 304 g/mol. The number of hydrogen-bond donors (Lipinski definition) is 2. The van der Waals surface area contributed by atoms with Gasteiger partial charge in [-0.05, 0) is 42.3 Å². The summed E-state index contributed by atoms with van der Waals surface area (Å²) in [4.78, 5) is 27.2. The van der Waals surface area contributed by atoms with Crippen molar-refractivity contribution in [2.75, 3.05) is 5.32 Å². The first kappa shape index (κ1) is 14.8. The summed E-state index contributed by atoms with van der Waals surface area (Å²) in [6.45, 7) is 1.94. The summed E-state index contributed by atoms with van der Waals surface area (Å²) in [5, 5.41) is 2.74. The second-order valence-corrected chi connectivity index (χ2v) is 5.30. The number of amides is 1. The summed E-state index contributed by atoms with van der Waals surface area (Å²) in [5.41, 5.74) is 2.97. The predicted molar refractivity (Wildman–Crippen MR) is 91.6 cm³/mol. The lowest BCUT2D eigenvalue weighted by Crippen LogP contribution is -2.23. The Balaban J connectivity index is 1.86. The van der Waals surface area contributed by atoms with Crippen LogP contribution in [0.4, 0.5) is 5.69 Å². The maximum atomic E-state index is 12.3. The largest absolute Gasteiger partial charge is 0.322 e. The van der Waals surface area contributed by atoms with Crippen LogP contribution in [0.1, 0.15) is 15.9 Å². The zero-order valence-electron chi connectivity index (χ0n) is 12.7. The van der Waals surface area contributed by atoms with Crippen LogP contribution in [0.3, 0.4) is 0 Å². The molecule has 2 aromatic carbocycles. The Morgan fingerprint density at radius 3 is 2.43 bits per heavy atom. The van der Waals surface area contributed by atoms with Crippen LogP contribution in [0, 0.1) is 6.92 Å². The highest BCUT2D eigenvalue weighted by atomic mass is 16.2. The summed E-state index contributed by atoms with van der Waals surface area (Å²) < 4.78 is 0. The molecule has 3 rings (SSSR count). The predicted octanol–water partition coefficient (Wildman–Crippen LogP) is 3.60. The Bertz CT molecular complexity index is 898. The molecule has 0 saturated heterocycles. The zero-order valence-corrected chi connectivity index (χ0v) is 12.7. The normalized spacial score (nSPS) is 10.3. The van der Waals surface area contributed by atoms with Crippen molar-refractivity contribution < 1.29 is 4.79 Å². The number of anilines is 1. The molecule has 1 amide bonds. The highest BCUT2D eigenvalue weighted by molar-refractivity contribution is 6.04. The van der Waals surface area contributed by atoms with Crippen LogP contribution in [0.15, 0.2) is 71.5 Å². The van der Waals surface area contributed by atoms with E-state index in [-0.39, 0.29) is 5.56 Å². The van der Waals surface area contributed by atoms with Gasteiger partial charge in [-0.2, -0.15) is 0 Å². The fourth-order valence-corrected chi connectivity index (χ4v) is 2.36. The minimum atomic E-state index is -0.420. The van der Waals surface area contributed by atoms with Gasteiger partial charge in [-0.25, -0.2) is 0 Å². The van der Waals surface area contributed by atoms with E-state index in [2.05, 4.69) is 10.3 Å². The number of aromatic amines is 1. The lowest BCUT2D eigenvalue weighted by Gasteiger charge is -2.07. The summed E-state index contributed by atoms with van der Waals surface area (Å²) in [6, 6.07) is 20.2. The molecule has 0 aliphatic carbocycles. The number of aryl methyl sites for hydroxylation is 1. The van der Waals surface area contributed by atoms with E-state index in [1.54, 1.807) is 18.2 Å². The molecule has 4 heteroatoms. The first-order chi connectivity index (χ1) is 11.1. The Morgan fingerprint density at radius 1 is 0.957 bits per heavy atom. The van der Waals surface area contributed by atoms with Crippen LogP contribution in [0.5, 0.6) is 0 Å². The molecule has 0 aliphatic heterocycles. The van der Waals surface area contributed by atoms with Crippen LogP contribution in [0.2, 0.25) is 0 Å². The third kappa shape index (κ3) is 3.37. The van der Waals surface area contributed by atoms with Gasteiger partial charge in [0.05, 0.1) is 0 Å². The number of carbonyl (C=O) groups is 1. The molecule has 23 heavy (non-hydrogen) atoms. The number of rotatable bonds is 3. The van der Waals surface area contributed by atoms with Crippen molar-refractivity contribution in [2.45, 2.75) is 6.92 Å². The molecule has 0 aliphatic rings. The lowest BCUT2D eigenvalue weighted by atomic mass is 10.1. The van der Waals surface area contributed by atoms with Crippen molar-refractivity contribution in [1.82, 2.24) is 4.98 Å². The van der Waals surface area contributed by atoms with Crippen molar-refractivity contribution in [3.63, 3.8) is 0 Å². The molecular formula is C19H16N2O2. The number of benzene rings is 2. The molecule has 1 aromatic heterocycles. The molecule has 0 radical (unpaired) electrons. The highest BCUT2D eigenvalue weighted by Gasteiger charge is 2.11. The number of pyridine rings is 1. The molecule has 2 N–H and O–H groups in total. The van der Waals surface area contributed by atoms with Gasteiger partial charge in [0.25, 0.3) is 11.5 Å². The van der Waals surface area contributed by atoms with Gasteiger partial charge in [0.1, 0.15) is 5.56 Å². The first-order valence-electron chi connectivity index (χ1n) is 7.30. The molecule has 0 unspecified atom stereocenters. The fourth-order valence-electron chi connectivity index (χ4n) is 2.36. The fraction of sp³-hybridized carbons (Fsp3) is 0.0526. The molecule has 4 nitrogen and oxygen atoms in total. The van der Waals surface area contributed by atoms with Crippen molar-refractivity contribution in [1.29, 1.82) is 0 Å². The quantitative estimate of drug-likeness (QED) is 0.776. The number of nitrogens with one attached hydrogen (secondary N) is 2. The van der Waals surface area contributed by atoms with E-state index in [1.165, 1.54) is 0 Å². The van der Waals surface area contributed by atoms with E-state index in [9.17, 15) is 9.59 Å². The smallest absolute Gasteiger partial charge is 0.261 e. The van der Waals surface area contributed by atoms with E-state index >= 15 is 0 Å². The van der Waals surface area contributed by atoms with Crippen molar-refractivity contribution in [2.24, 2.45) is 0 Å². The van der Waals surface area contributed by atoms with E-state index < -0.39 is 11.5 Å². The van der Waals surface area contributed by atoms with Crippen LogP contribution >= 0.6 is 0 Å². The number of hydrogen-bond acceptors (Lipinski definition) is 2. The molecule has 0 atom stereocenters. The molecule has 0 bridgehead atoms. The average Bonchev–Trinajstić information content (AvgIpc) is 2.55. The summed E-state index contributed by atoms with van der Waals surface area (Å²) in [6.07, 6.45) is 0. The molecule has 114 valence electrons. The van der Waals surface area contributed by atoms with Crippen LogP contribution < -0.4 is 10.9 Å². The van der Waals surface area contributed by atoms with Gasteiger partial charge in [0.2, 0.25) is 0 Å². The summed E-state index contributed by atoms with van der Waals surface area (Å²) in [5.74, 6) is -0.420. The minimum absolute atomic E-state index is 0.0891. The third-order valence-electron chi connectivity index (χ3n) is 3.51.